The van der Waals surface area contributed by atoms with Gasteiger partial charge in [0.2, 0.25) is 12.0 Å². The number of halogens is 4. The maximum Gasteiger partial charge on any atom is 0.673 e. The summed E-state index contributed by atoms with van der Waals surface area (Å²) >= 11 is 0. The minimum absolute atomic E-state index is 0.858. The highest BCUT2D eigenvalue weighted by atomic mass is 19.5. The van der Waals surface area contributed by atoms with Crippen LogP contribution >= 0.6 is 0 Å². The summed E-state index contributed by atoms with van der Waals surface area (Å²) in [6.07, 6.45) is 3.97. The number of fused-ring (bicyclic) bond motifs is 1. The standard InChI is InChI=1S/C13H10NO.BF4/c1-2-6-11(7-3-1)12-10-14-9-5-4-8-13(14)15-12;2-1(3,4)5/h1-10H;/q+1;-1. The lowest BCUT2D eigenvalue weighted by molar-refractivity contribution is -0.513. The molecule has 0 saturated carbocycles. The van der Waals surface area contributed by atoms with E-state index in [0.717, 1.165) is 17.0 Å². The van der Waals surface area contributed by atoms with Gasteiger partial charge in [-0.05, 0) is 6.07 Å². The van der Waals surface area contributed by atoms with Crippen LogP contribution in [0.5, 0.6) is 0 Å². The largest absolute Gasteiger partial charge is 0.673 e. The zero-order chi connectivity index (χ0) is 14.6. The van der Waals surface area contributed by atoms with Gasteiger partial charge in [-0.15, -0.1) is 4.40 Å². The Kier molecular flexibility index (Phi) is 4.07. The molecule has 0 aliphatic heterocycles. The molecule has 2 heterocycles. The Morgan fingerprint density at radius 3 is 2.05 bits per heavy atom. The molecule has 3 rings (SSSR count). The van der Waals surface area contributed by atoms with E-state index in [9.17, 15) is 17.3 Å². The highest BCUT2D eigenvalue weighted by molar-refractivity contribution is 6.50. The predicted octanol–water partition coefficient (Wildman–Crippen LogP) is 3.99. The summed E-state index contributed by atoms with van der Waals surface area (Å²) in [7, 11) is -6.00. The fraction of sp³-hybridized carbons (Fsp3) is 0. The number of pyridine rings is 1. The van der Waals surface area contributed by atoms with Gasteiger partial charge in [-0.1, -0.05) is 30.3 Å². The van der Waals surface area contributed by atoms with E-state index in [2.05, 4.69) is 0 Å². The van der Waals surface area contributed by atoms with Crippen LogP contribution in [0.25, 0.3) is 17.0 Å². The Balaban J connectivity index is 0.000000257. The van der Waals surface area contributed by atoms with Crippen LogP contribution in [0.4, 0.5) is 17.3 Å². The van der Waals surface area contributed by atoms with E-state index in [-0.39, 0.29) is 0 Å². The molecule has 2 aromatic heterocycles. The Labute approximate surface area is 112 Å². The van der Waals surface area contributed by atoms with Crippen LogP contribution in [0.3, 0.4) is 0 Å². The summed E-state index contributed by atoms with van der Waals surface area (Å²) in [5.41, 5.74) is 1.96. The molecule has 1 aromatic carbocycles. The van der Waals surface area contributed by atoms with Crippen molar-refractivity contribution in [3.8, 4) is 11.3 Å². The molecule has 0 fully saturated rings. The third kappa shape index (κ3) is 4.12. The molecule has 0 radical (unpaired) electrons. The summed E-state index contributed by atoms with van der Waals surface area (Å²) in [6, 6.07) is 16.0. The van der Waals surface area contributed by atoms with E-state index in [1.165, 1.54) is 0 Å². The Hall–Kier alpha value is -2.31. The number of rotatable bonds is 1. The molecule has 0 aliphatic carbocycles. The van der Waals surface area contributed by atoms with Gasteiger partial charge >= 0.3 is 13.0 Å². The van der Waals surface area contributed by atoms with Crippen LogP contribution in [0, 0.1) is 0 Å². The third-order valence-corrected chi connectivity index (χ3v) is 2.38. The quantitative estimate of drug-likeness (QED) is 0.375. The summed E-state index contributed by atoms with van der Waals surface area (Å²) in [6.45, 7) is 0. The van der Waals surface area contributed by atoms with E-state index in [1.807, 2.05) is 65.3 Å². The molecule has 0 unspecified atom stereocenters. The van der Waals surface area contributed by atoms with Crippen LogP contribution in [-0.4, -0.2) is 7.25 Å². The van der Waals surface area contributed by atoms with Crippen molar-refractivity contribution in [3.05, 3.63) is 60.9 Å². The van der Waals surface area contributed by atoms with Crippen LogP contribution in [0.15, 0.2) is 65.3 Å². The molecular weight excluding hydrogens is 273 g/mol. The zero-order valence-corrected chi connectivity index (χ0v) is 10.2. The van der Waals surface area contributed by atoms with Crippen LogP contribution in [0.1, 0.15) is 0 Å². The predicted molar refractivity (Wildman–Crippen MR) is 67.5 cm³/mol. The van der Waals surface area contributed by atoms with Crippen molar-refractivity contribution in [2.24, 2.45) is 0 Å². The summed E-state index contributed by atoms with van der Waals surface area (Å²) in [5.74, 6) is 0.891. The Morgan fingerprint density at radius 1 is 0.850 bits per heavy atom. The van der Waals surface area contributed by atoms with Gasteiger partial charge in [0.15, 0.2) is 6.20 Å². The first-order valence-corrected chi connectivity index (χ1v) is 5.76. The number of aromatic nitrogens is 1. The minimum atomic E-state index is -6.00. The molecule has 0 aliphatic rings. The lowest BCUT2D eigenvalue weighted by Crippen LogP contribution is -2.15. The molecule has 0 atom stereocenters. The lowest BCUT2D eigenvalue weighted by Gasteiger charge is -1.94. The number of hydrogen-bond acceptors (Lipinski definition) is 1. The van der Waals surface area contributed by atoms with E-state index >= 15 is 0 Å². The first kappa shape index (κ1) is 14.1. The molecule has 0 spiro atoms. The maximum atomic E-state index is 9.75. The van der Waals surface area contributed by atoms with Crippen molar-refractivity contribution >= 4 is 13.0 Å². The number of benzene rings is 1. The molecule has 0 N–H and O–H groups in total. The van der Waals surface area contributed by atoms with Crippen LogP contribution in [-0.2, 0) is 0 Å². The van der Waals surface area contributed by atoms with Crippen LogP contribution < -0.4 is 4.40 Å². The minimum Gasteiger partial charge on any atom is -0.418 e. The van der Waals surface area contributed by atoms with E-state index in [1.54, 1.807) is 0 Å². The first-order valence-electron chi connectivity index (χ1n) is 5.76. The molecule has 20 heavy (non-hydrogen) atoms. The van der Waals surface area contributed by atoms with E-state index < -0.39 is 7.25 Å². The van der Waals surface area contributed by atoms with Gasteiger partial charge in [0, 0.05) is 11.6 Å². The second-order valence-electron chi connectivity index (χ2n) is 3.90. The Bertz CT molecular complexity index is 642. The normalized spacial score (nSPS) is 11.0. The van der Waals surface area contributed by atoms with Crippen molar-refractivity contribution in [1.82, 2.24) is 0 Å². The monoisotopic (exact) mass is 283 g/mol. The maximum absolute atomic E-state index is 9.75. The zero-order valence-electron chi connectivity index (χ0n) is 10.2. The fourth-order valence-electron chi connectivity index (χ4n) is 1.63. The van der Waals surface area contributed by atoms with Gasteiger partial charge in [0.1, 0.15) is 0 Å². The second kappa shape index (κ2) is 5.77. The molecule has 0 saturated heterocycles. The SMILES string of the molecule is F[B-](F)(F)F.c1ccc(-c2c[n+]3ccccc3o2)cc1. The first-order chi connectivity index (χ1) is 9.43. The van der Waals surface area contributed by atoms with Crippen molar-refractivity contribution in [3.63, 3.8) is 0 Å². The Morgan fingerprint density at radius 2 is 1.45 bits per heavy atom. The summed E-state index contributed by atoms with van der Waals surface area (Å²) < 4.78 is 46.7. The highest BCUT2D eigenvalue weighted by Crippen LogP contribution is 2.18. The van der Waals surface area contributed by atoms with Crippen molar-refractivity contribution in [2.75, 3.05) is 0 Å². The summed E-state index contributed by atoms with van der Waals surface area (Å²) in [4.78, 5) is 0. The topological polar surface area (TPSA) is 17.2 Å². The molecule has 0 bridgehead atoms. The highest BCUT2D eigenvalue weighted by Gasteiger charge is 2.20. The molecule has 7 heteroatoms. The molecule has 104 valence electrons. The van der Waals surface area contributed by atoms with Gasteiger partial charge in [0.25, 0.3) is 0 Å². The van der Waals surface area contributed by atoms with Crippen LogP contribution in [0.2, 0.25) is 0 Å². The van der Waals surface area contributed by atoms with Crippen molar-refractivity contribution < 1.29 is 26.1 Å². The van der Waals surface area contributed by atoms with E-state index in [4.69, 9.17) is 4.42 Å². The number of nitrogens with zero attached hydrogens (tertiary/aromatic N) is 1. The van der Waals surface area contributed by atoms with Gasteiger partial charge in [0.05, 0.1) is 6.07 Å². The van der Waals surface area contributed by atoms with E-state index in [0.29, 0.717) is 0 Å². The average Bonchev–Trinajstić information content (AvgIpc) is 2.81. The van der Waals surface area contributed by atoms with Gasteiger partial charge < -0.3 is 21.7 Å². The van der Waals surface area contributed by atoms with Crippen molar-refractivity contribution in [1.29, 1.82) is 0 Å². The summed E-state index contributed by atoms with van der Waals surface area (Å²) in [5, 5.41) is 0. The second-order valence-corrected chi connectivity index (χ2v) is 3.90. The number of hydrogen-bond donors (Lipinski definition) is 0. The molecule has 0 amide bonds. The average molecular weight is 283 g/mol. The molecule has 2 nitrogen and oxygen atoms in total. The van der Waals surface area contributed by atoms with Crippen molar-refractivity contribution in [2.45, 2.75) is 0 Å². The smallest absolute Gasteiger partial charge is 0.418 e. The lowest BCUT2D eigenvalue weighted by atomic mass is 10.2. The van der Waals surface area contributed by atoms with Gasteiger partial charge in [-0.3, -0.25) is 0 Å². The van der Waals surface area contributed by atoms with Gasteiger partial charge in [-0.2, -0.15) is 0 Å². The molecule has 3 aromatic rings. The van der Waals surface area contributed by atoms with Gasteiger partial charge in [-0.25, -0.2) is 0 Å². The fourth-order valence-corrected chi connectivity index (χ4v) is 1.63. The number of oxazole rings is 1. The molecular formula is C13H10BF4NO. The third-order valence-electron chi connectivity index (χ3n) is 2.38.